The first-order valence-corrected chi connectivity index (χ1v) is 13.0. The van der Waals surface area contributed by atoms with Gasteiger partial charge in [-0.05, 0) is 66.3 Å². The second-order valence-corrected chi connectivity index (χ2v) is 10.4. The highest BCUT2D eigenvalue weighted by atomic mass is 32.1. The van der Waals surface area contributed by atoms with Crippen molar-refractivity contribution < 1.29 is 19.4 Å². The monoisotopic (exact) mass is 503 g/mol. The van der Waals surface area contributed by atoms with Crippen LogP contribution in [0.2, 0.25) is 0 Å². The Balaban J connectivity index is 1.19. The molecule has 186 valence electrons. The Kier molecular flexibility index (Phi) is 7.04. The van der Waals surface area contributed by atoms with Crippen LogP contribution in [-0.2, 0) is 11.3 Å². The van der Waals surface area contributed by atoms with Crippen molar-refractivity contribution in [1.29, 1.82) is 0 Å². The number of hydrogen-bond acceptors (Lipinski definition) is 5. The number of rotatable bonds is 8. The first-order valence-electron chi connectivity index (χ1n) is 12.2. The highest BCUT2D eigenvalue weighted by Gasteiger charge is 2.24. The second kappa shape index (κ2) is 10.5. The van der Waals surface area contributed by atoms with Crippen LogP contribution in [0.25, 0.3) is 15.4 Å². The van der Waals surface area contributed by atoms with E-state index in [2.05, 4.69) is 34.6 Å². The summed E-state index contributed by atoms with van der Waals surface area (Å²) in [6.07, 6.45) is 8.13. The third-order valence-corrected chi connectivity index (χ3v) is 8.02. The number of nitrogens with one attached hydrogen (secondary N) is 1. The number of benzene rings is 2. The molecule has 0 saturated heterocycles. The standard InChI is InChI=1S/C28H29N3O4S/c1-35-23-12-4-19(5-13-23)15-29-27(34)24-16-31-17-25(36-28(31)30-24)22-10-8-21(9-11-22)20-6-2-18(3-7-20)14-26(32)33/h4-5,8-13,16-18,20H,2-3,6-7,14-15H2,1H3,(H,29,34)(H,32,33)/t18-,20-. The summed E-state index contributed by atoms with van der Waals surface area (Å²) in [6, 6.07) is 16.3. The fraction of sp³-hybridized carbons (Fsp3) is 0.321. The molecule has 1 saturated carbocycles. The largest absolute Gasteiger partial charge is 0.497 e. The number of carboxylic acids is 1. The molecule has 4 aromatic rings. The highest BCUT2D eigenvalue weighted by molar-refractivity contribution is 7.20. The minimum Gasteiger partial charge on any atom is -0.497 e. The van der Waals surface area contributed by atoms with Crippen LogP contribution in [0.5, 0.6) is 5.75 Å². The zero-order valence-electron chi connectivity index (χ0n) is 20.1. The smallest absolute Gasteiger partial charge is 0.303 e. The topological polar surface area (TPSA) is 92.9 Å². The van der Waals surface area contributed by atoms with Crippen LogP contribution in [-0.4, -0.2) is 33.5 Å². The Morgan fingerprint density at radius 1 is 1.06 bits per heavy atom. The van der Waals surface area contributed by atoms with Gasteiger partial charge in [-0.3, -0.25) is 14.0 Å². The van der Waals surface area contributed by atoms with Crippen LogP contribution in [0.15, 0.2) is 60.9 Å². The molecule has 8 heteroatoms. The molecule has 2 heterocycles. The Morgan fingerprint density at radius 2 is 1.78 bits per heavy atom. The molecule has 0 atom stereocenters. The molecule has 0 aliphatic heterocycles. The number of carbonyl (C=O) groups is 2. The van der Waals surface area contributed by atoms with Crippen LogP contribution in [0.4, 0.5) is 0 Å². The maximum absolute atomic E-state index is 12.6. The van der Waals surface area contributed by atoms with E-state index >= 15 is 0 Å². The van der Waals surface area contributed by atoms with Gasteiger partial charge < -0.3 is 15.2 Å². The molecule has 0 bridgehead atoms. The number of thiazole rings is 1. The van der Waals surface area contributed by atoms with Crippen LogP contribution < -0.4 is 10.1 Å². The van der Waals surface area contributed by atoms with E-state index in [4.69, 9.17) is 9.84 Å². The van der Waals surface area contributed by atoms with Gasteiger partial charge in [-0.1, -0.05) is 47.7 Å². The second-order valence-electron chi connectivity index (χ2n) is 9.38. The molecule has 1 amide bonds. The fourth-order valence-electron chi connectivity index (χ4n) is 4.92. The number of imidazole rings is 1. The van der Waals surface area contributed by atoms with E-state index < -0.39 is 5.97 Å². The number of fused-ring (bicyclic) bond motifs is 1. The summed E-state index contributed by atoms with van der Waals surface area (Å²) in [5, 5.41) is 11.9. The van der Waals surface area contributed by atoms with E-state index in [0.29, 0.717) is 24.1 Å². The number of aliphatic carboxylic acids is 1. The van der Waals surface area contributed by atoms with E-state index in [0.717, 1.165) is 52.4 Å². The molecule has 1 aliphatic rings. The number of aromatic nitrogens is 2. The van der Waals surface area contributed by atoms with Gasteiger partial charge in [0, 0.05) is 25.4 Å². The van der Waals surface area contributed by atoms with Crippen molar-refractivity contribution in [3.63, 3.8) is 0 Å². The summed E-state index contributed by atoms with van der Waals surface area (Å²) < 4.78 is 7.07. The predicted octanol–water partition coefficient (Wildman–Crippen LogP) is 5.75. The summed E-state index contributed by atoms with van der Waals surface area (Å²) in [7, 11) is 1.63. The number of nitrogens with zero attached hydrogens (tertiary/aromatic N) is 2. The SMILES string of the molecule is COc1ccc(CNC(=O)c2cn3cc(-c4ccc([C@H]5CC[C@H](CC(=O)O)CC5)cc4)sc3n2)cc1. The maximum atomic E-state index is 12.6. The highest BCUT2D eigenvalue weighted by Crippen LogP contribution is 2.38. The van der Waals surface area contributed by atoms with Crippen molar-refractivity contribution in [2.24, 2.45) is 5.92 Å². The van der Waals surface area contributed by atoms with Crippen LogP contribution >= 0.6 is 11.3 Å². The lowest BCUT2D eigenvalue weighted by Crippen LogP contribution is -2.23. The minimum absolute atomic E-state index is 0.203. The van der Waals surface area contributed by atoms with Gasteiger partial charge in [-0.2, -0.15) is 0 Å². The van der Waals surface area contributed by atoms with Gasteiger partial charge >= 0.3 is 5.97 Å². The predicted molar refractivity (Wildman–Crippen MR) is 140 cm³/mol. The van der Waals surface area contributed by atoms with Crippen LogP contribution in [0.1, 0.15) is 59.6 Å². The van der Waals surface area contributed by atoms with Crippen LogP contribution in [0.3, 0.4) is 0 Å². The molecular formula is C28H29N3O4S. The van der Waals surface area contributed by atoms with Crippen LogP contribution in [0, 0.1) is 5.92 Å². The summed E-state index contributed by atoms with van der Waals surface area (Å²) in [5.41, 5.74) is 3.84. The molecule has 1 fully saturated rings. The maximum Gasteiger partial charge on any atom is 0.303 e. The Labute approximate surface area is 213 Å². The van der Waals surface area contributed by atoms with Crippen molar-refractivity contribution in [3.05, 3.63) is 77.7 Å². The number of hydrogen-bond donors (Lipinski definition) is 2. The van der Waals surface area contributed by atoms with Gasteiger partial charge in [0.1, 0.15) is 11.4 Å². The zero-order chi connectivity index (χ0) is 25.1. The van der Waals surface area contributed by atoms with Gasteiger partial charge in [0.15, 0.2) is 4.96 Å². The van der Waals surface area contributed by atoms with Gasteiger partial charge in [0.05, 0.1) is 12.0 Å². The van der Waals surface area contributed by atoms with Crippen molar-refractivity contribution in [2.75, 3.05) is 7.11 Å². The summed E-state index contributed by atoms with van der Waals surface area (Å²) in [5.74, 6) is 0.709. The lowest BCUT2D eigenvalue weighted by atomic mass is 9.77. The number of carboxylic acid groups (broad SMARTS) is 1. The molecule has 0 radical (unpaired) electrons. The van der Waals surface area contributed by atoms with Crippen molar-refractivity contribution in [2.45, 2.75) is 44.6 Å². The number of carbonyl (C=O) groups excluding carboxylic acids is 1. The third-order valence-electron chi connectivity index (χ3n) is 6.98. The molecule has 1 aliphatic carbocycles. The number of methoxy groups -OCH3 is 1. The molecule has 0 spiro atoms. The van der Waals surface area contributed by atoms with Gasteiger partial charge in [0.25, 0.3) is 5.91 Å². The molecule has 5 rings (SSSR count). The summed E-state index contributed by atoms with van der Waals surface area (Å²) >= 11 is 1.56. The fourth-order valence-corrected chi connectivity index (χ4v) is 5.89. The zero-order valence-corrected chi connectivity index (χ0v) is 21.0. The molecule has 0 unspecified atom stereocenters. The summed E-state index contributed by atoms with van der Waals surface area (Å²) in [4.78, 5) is 29.9. The van der Waals surface area contributed by atoms with Crippen molar-refractivity contribution in [3.8, 4) is 16.2 Å². The Morgan fingerprint density at radius 3 is 2.42 bits per heavy atom. The van der Waals surface area contributed by atoms with Gasteiger partial charge in [-0.25, -0.2) is 4.98 Å². The van der Waals surface area contributed by atoms with Crippen molar-refractivity contribution in [1.82, 2.24) is 14.7 Å². The normalized spacial score (nSPS) is 17.7. The molecular weight excluding hydrogens is 474 g/mol. The first kappa shape index (κ1) is 24.1. The molecule has 2 N–H and O–H groups in total. The van der Waals surface area contributed by atoms with E-state index in [1.165, 1.54) is 5.56 Å². The Hall–Kier alpha value is -3.65. The first-order chi connectivity index (χ1) is 17.5. The van der Waals surface area contributed by atoms with E-state index in [1.807, 2.05) is 34.9 Å². The molecule has 2 aromatic heterocycles. The van der Waals surface area contributed by atoms with Crippen molar-refractivity contribution >= 4 is 28.2 Å². The molecule has 7 nitrogen and oxygen atoms in total. The number of amides is 1. The Bertz CT molecular complexity index is 1320. The van der Waals surface area contributed by atoms with Gasteiger partial charge in [-0.15, -0.1) is 0 Å². The average molecular weight is 504 g/mol. The average Bonchev–Trinajstić information content (AvgIpc) is 3.48. The molecule has 2 aromatic carbocycles. The quantitative estimate of drug-likeness (QED) is 0.319. The van der Waals surface area contributed by atoms with E-state index in [1.54, 1.807) is 24.6 Å². The summed E-state index contributed by atoms with van der Waals surface area (Å²) in [6.45, 7) is 0.423. The third kappa shape index (κ3) is 5.44. The van der Waals surface area contributed by atoms with E-state index in [9.17, 15) is 9.59 Å². The lowest BCUT2D eigenvalue weighted by Gasteiger charge is -2.28. The lowest BCUT2D eigenvalue weighted by molar-refractivity contribution is -0.138. The van der Waals surface area contributed by atoms with E-state index in [-0.39, 0.29) is 12.3 Å². The van der Waals surface area contributed by atoms with Gasteiger partial charge in [0.2, 0.25) is 0 Å². The molecule has 36 heavy (non-hydrogen) atoms. The number of ether oxygens (including phenoxy) is 1. The minimum atomic E-state index is -0.689.